The molecule has 1 aromatic heterocycles. The molecule has 0 unspecified atom stereocenters. The largest absolute Gasteiger partial charge is 0.465 e. The molecule has 0 saturated carbocycles. The zero-order valence-corrected chi connectivity index (χ0v) is 21.3. The van der Waals surface area contributed by atoms with E-state index in [9.17, 15) is 26.0 Å². The highest BCUT2D eigenvalue weighted by Gasteiger charge is 2.28. The monoisotopic (exact) mass is 516 g/mol. The molecule has 0 amide bonds. The molecule has 12 heteroatoms. The van der Waals surface area contributed by atoms with Crippen LogP contribution in [0, 0.1) is 5.82 Å². The highest BCUT2D eigenvalue weighted by molar-refractivity contribution is 7.92. The number of methoxy groups -OCH3 is 1. The minimum absolute atomic E-state index is 0.0437. The number of rotatable bonds is 11. The van der Waals surface area contributed by atoms with Crippen LogP contribution >= 0.6 is 0 Å². The molecule has 2 aromatic rings. The molecule has 188 valence electrons. The van der Waals surface area contributed by atoms with Crippen molar-refractivity contribution < 1.29 is 34.9 Å². The fourth-order valence-electron chi connectivity index (χ4n) is 3.42. The molecule has 0 aliphatic rings. The third kappa shape index (κ3) is 7.74. The third-order valence-corrected chi connectivity index (χ3v) is 5.95. The molecule has 0 bridgehead atoms. The van der Waals surface area contributed by atoms with E-state index >= 15 is 0 Å². The fraction of sp³-hybridized carbons (Fsp3) is 0.455. The SMILES string of the molecule is COC(=O)c1c(C(C)C)nc(NS(C)(=O)=O)c(CCCCOS(C)(=O)=O)c1-c1ccc(F)cc1. The smallest absolute Gasteiger partial charge is 0.340 e. The molecule has 2 rings (SSSR count). The number of anilines is 1. The Hall–Kier alpha value is -2.57. The van der Waals surface area contributed by atoms with Crippen LogP contribution in [0.5, 0.6) is 0 Å². The fourth-order valence-corrected chi connectivity index (χ4v) is 4.36. The maximum Gasteiger partial charge on any atom is 0.340 e. The second-order valence-corrected chi connectivity index (χ2v) is 11.5. The summed E-state index contributed by atoms with van der Waals surface area (Å²) in [5.74, 6) is -1.37. The summed E-state index contributed by atoms with van der Waals surface area (Å²) in [6.45, 7) is 3.55. The van der Waals surface area contributed by atoms with Crippen molar-refractivity contribution in [1.82, 2.24) is 4.98 Å². The van der Waals surface area contributed by atoms with Gasteiger partial charge < -0.3 is 4.74 Å². The van der Waals surface area contributed by atoms with E-state index in [0.717, 1.165) is 12.5 Å². The van der Waals surface area contributed by atoms with Crippen LogP contribution in [-0.4, -0.2) is 54.0 Å². The van der Waals surface area contributed by atoms with Gasteiger partial charge in [0.15, 0.2) is 0 Å². The van der Waals surface area contributed by atoms with Crippen molar-refractivity contribution in [2.24, 2.45) is 0 Å². The minimum atomic E-state index is -3.73. The van der Waals surface area contributed by atoms with Gasteiger partial charge >= 0.3 is 5.97 Å². The molecule has 0 aliphatic carbocycles. The average Bonchev–Trinajstić information content (AvgIpc) is 2.71. The number of nitrogens with one attached hydrogen (secondary N) is 1. The topological polar surface area (TPSA) is 129 Å². The van der Waals surface area contributed by atoms with Crippen LogP contribution in [0.2, 0.25) is 0 Å². The standard InChI is InChI=1S/C22H29FN2O7S2/c1-14(2)20-19(22(26)31-3)18(15-9-11-16(23)12-10-15)17(21(24-20)25-33(4,27)28)8-6-7-13-32-34(5,29)30/h9-12,14H,6-8,13H2,1-5H3,(H,24,25). The van der Waals surface area contributed by atoms with Crippen LogP contribution in [0.4, 0.5) is 10.2 Å². The van der Waals surface area contributed by atoms with Gasteiger partial charge in [0, 0.05) is 11.1 Å². The Morgan fingerprint density at radius 1 is 1.09 bits per heavy atom. The Morgan fingerprint density at radius 2 is 1.71 bits per heavy atom. The Labute approximate surface area is 199 Å². The lowest BCUT2D eigenvalue weighted by atomic mass is 9.88. The van der Waals surface area contributed by atoms with Gasteiger partial charge in [-0.2, -0.15) is 8.42 Å². The molecule has 0 atom stereocenters. The zero-order valence-electron chi connectivity index (χ0n) is 19.7. The summed E-state index contributed by atoms with van der Waals surface area (Å²) in [6, 6.07) is 5.45. The molecule has 1 heterocycles. The van der Waals surface area contributed by atoms with Gasteiger partial charge in [-0.3, -0.25) is 8.91 Å². The third-order valence-electron chi connectivity index (χ3n) is 4.80. The van der Waals surface area contributed by atoms with Gasteiger partial charge in [0.2, 0.25) is 10.0 Å². The van der Waals surface area contributed by atoms with E-state index in [1.54, 1.807) is 13.8 Å². The second kappa shape index (κ2) is 11.2. The predicted octanol–water partition coefficient (Wildman–Crippen LogP) is 3.47. The molecule has 1 aromatic carbocycles. The summed E-state index contributed by atoms with van der Waals surface area (Å²) in [5, 5.41) is 0. The van der Waals surface area contributed by atoms with Crippen LogP contribution < -0.4 is 4.72 Å². The van der Waals surface area contributed by atoms with Crippen LogP contribution in [0.1, 0.15) is 54.2 Å². The lowest BCUT2D eigenvalue weighted by Crippen LogP contribution is -2.19. The number of halogens is 1. The molecule has 0 fully saturated rings. The first-order valence-electron chi connectivity index (χ1n) is 10.5. The molecule has 1 N–H and O–H groups in total. The summed E-state index contributed by atoms with van der Waals surface area (Å²) >= 11 is 0. The number of esters is 1. The van der Waals surface area contributed by atoms with Gasteiger partial charge in [-0.1, -0.05) is 26.0 Å². The molecule has 0 spiro atoms. The minimum Gasteiger partial charge on any atom is -0.465 e. The van der Waals surface area contributed by atoms with E-state index in [4.69, 9.17) is 8.92 Å². The number of unbranched alkanes of at least 4 members (excludes halogenated alkanes) is 1. The van der Waals surface area contributed by atoms with E-state index in [1.807, 2.05) is 0 Å². The molecule has 0 radical (unpaired) electrons. The van der Waals surface area contributed by atoms with Gasteiger partial charge in [-0.05, 0) is 42.9 Å². The van der Waals surface area contributed by atoms with Crippen molar-refractivity contribution in [3.8, 4) is 11.1 Å². The van der Waals surface area contributed by atoms with Gasteiger partial charge in [0.1, 0.15) is 11.6 Å². The van der Waals surface area contributed by atoms with Crippen molar-refractivity contribution in [3.05, 3.63) is 46.9 Å². The van der Waals surface area contributed by atoms with E-state index in [-0.39, 0.29) is 30.3 Å². The maximum atomic E-state index is 13.7. The quantitative estimate of drug-likeness (QED) is 0.273. The number of hydrogen-bond acceptors (Lipinski definition) is 8. The van der Waals surface area contributed by atoms with Crippen molar-refractivity contribution >= 4 is 31.9 Å². The number of carbonyl (C=O) groups is 1. The van der Waals surface area contributed by atoms with Crippen LogP contribution in [0.25, 0.3) is 11.1 Å². The highest BCUT2D eigenvalue weighted by Crippen LogP contribution is 2.38. The first-order valence-corrected chi connectivity index (χ1v) is 14.2. The van der Waals surface area contributed by atoms with Crippen molar-refractivity contribution in [3.63, 3.8) is 0 Å². The van der Waals surface area contributed by atoms with Crippen molar-refractivity contribution in [1.29, 1.82) is 0 Å². The normalized spacial score (nSPS) is 12.1. The number of hydrogen-bond donors (Lipinski definition) is 1. The van der Waals surface area contributed by atoms with Crippen molar-refractivity contribution in [2.75, 3.05) is 31.0 Å². The predicted molar refractivity (Wildman–Crippen MR) is 127 cm³/mol. The van der Waals surface area contributed by atoms with Crippen LogP contribution in [0.15, 0.2) is 24.3 Å². The van der Waals surface area contributed by atoms with E-state index in [0.29, 0.717) is 35.2 Å². The number of aromatic nitrogens is 1. The summed E-state index contributed by atoms with van der Waals surface area (Å²) < 4.78 is 72.5. The number of nitrogens with zero attached hydrogens (tertiary/aromatic N) is 1. The van der Waals surface area contributed by atoms with Gasteiger partial charge in [0.05, 0.1) is 37.5 Å². The van der Waals surface area contributed by atoms with Gasteiger partial charge in [-0.25, -0.2) is 22.6 Å². The van der Waals surface area contributed by atoms with Crippen LogP contribution in [0.3, 0.4) is 0 Å². The number of benzene rings is 1. The van der Waals surface area contributed by atoms with Crippen molar-refractivity contribution in [2.45, 2.75) is 39.0 Å². The van der Waals surface area contributed by atoms with E-state index in [2.05, 4.69) is 9.71 Å². The Bertz CT molecular complexity index is 1240. The van der Waals surface area contributed by atoms with Gasteiger partial charge in [-0.15, -0.1) is 0 Å². The molecule has 0 saturated heterocycles. The molecular formula is C22H29FN2O7S2. The molecule has 0 aliphatic heterocycles. The Balaban J connectivity index is 2.74. The maximum absolute atomic E-state index is 13.7. The second-order valence-electron chi connectivity index (χ2n) is 8.08. The Morgan fingerprint density at radius 3 is 2.21 bits per heavy atom. The number of carbonyl (C=O) groups excluding carboxylic acids is 1. The lowest BCUT2D eigenvalue weighted by molar-refractivity contribution is 0.0599. The number of pyridine rings is 1. The van der Waals surface area contributed by atoms with Crippen LogP contribution in [-0.2, 0) is 35.5 Å². The highest BCUT2D eigenvalue weighted by atomic mass is 32.2. The molecular weight excluding hydrogens is 487 g/mol. The summed E-state index contributed by atoms with van der Waals surface area (Å²) in [7, 11) is -6.10. The molecule has 34 heavy (non-hydrogen) atoms. The first kappa shape index (κ1) is 27.7. The Kier molecular flexibility index (Phi) is 9.15. The lowest BCUT2D eigenvalue weighted by Gasteiger charge is -2.22. The summed E-state index contributed by atoms with van der Waals surface area (Å²) in [5.41, 5.74) is 1.74. The number of ether oxygens (including phenoxy) is 1. The first-order chi connectivity index (χ1) is 15.7. The summed E-state index contributed by atoms with van der Waals surface area (Å²) in [4.78, 5) is 17.3. The zero-order chi connectivity index (χ0) is 25.7. The van der Waals surface area contributed by atoms with Gasteiger partial charge in [0.25, 0.3) is 10.1 Å². The molecule has 9 nitrogen and oxygen atoms in total. The van der Waals surface area contributed by atoms with E-state index < -0.39 is 31.9 Å². The average molecular weight is 517 g/mol. The number of sulfonamides is 1. The van der Waals surface area contributed by atoms with E-state index in [1.165, 1.54) is 31.4 Å². The summed E-state index contributed by atoms with van der Waals surface area (Å²) in [6.07, 6.45) is 2.90.